The summed E-state index contributed by atoms with van der Waals surface area (Å²) in [6.07, 6.45) is -1.45. The molecule has 7 nitrogen and oxygen atoms in total. The highest BCUT2D eigenvalue weighted by atomic mass is 16.7. The van der Waals surface area contributed by atoms with Crippen molar-refractivity contribution in [3.8, 4) is 5.75 Å². The Morgan fingerprint density at radius 3 is 2.06 bits per heavy atom. The molecule has 1 N–H and O–H groups in total. The van der Waals surface area contributed by atoms with Crippen molar-refractivity contribution < 1.29 is 24.3 Å². The third kappa shape index (κ3) is 5.55. The number of benzene rings is 1. The Morgan fingerprint density at radius 2 is 1.75 bits per heavy atom. The van der Waals surface area contributed by atoms with E-state index in [1.807, 2.05) is 0 Å². The Kier molecular flexibility index (Phi) is 6.22. The molecule has 0 aliphatic rings. The first-order valence-electron chi connectivity index (χ1n) is 4.06. The summed E-state index contributed by atoms with van der Waals surface area (Å²) in [4.78, 5) is 19.6. The lowest BCUT2D eigenvalue weighted by molar-refractivity contribution is -0.384. The monoisotopic (exact) mass is 229 g/mol. The number of hydrogen-bond acceptors (Lipinski definition) is 5. The smallest absolute Gasteiger partial charge is 0.449 e. The fraction of sp³-hybridized carbons (Fsp3) is 0.222. The Bertz CT molecular complexity index is 348. The first-order valence-corrected chi connectivity index (χ1v) is 4.06. The second-order valence-electron chi connectivity index (χ2n) is 2.53. The number of rotatable bonds is 2. The average Bonchev–Trinajstić information content (AvgIpc) is 2.18. The van der Waals surface area contributed by atoms with Crippen molar-refractivity contribution >= 4 is 11.8 Å². The largest absolute Gasteiger partial charge is 0.511 e. The van der Waals surface area contributed by atoms with Crippen LogP contribution in [0.1, 0.15) is 0 Å². The van der Waals surface area contributed by atoms with Gasteiger partial charge in [0.05, 0.1) is 4.92 Å². The Labute approximate surface area is 91.4 Å². The van der Waals surface area contributed by atoms with Crippen LogP contribution < -0.4 is 4.74 Å². The van der Waals surface area contributed by atoms with Crippen molar-refractivity contribution in [2.45, 2.75) is 0 Å². The van der Waals surface area contributed by atoms with Gasteiger partial charge in [0.2, 0.25) is 0 Å². The molecule has 0 aromatic heterocycles. The van der Waals surface area contributed by atoms with Crippen LogP contribution in [0.3, 0.4) is 0 Å². The molecule has 1 rings (SSSR count). The van der Waals surface area contributed by atoms with Crippen molar-refractivity contribution in [2.75, 3.05) is 14.2 Å². The Morgan fingerprint density at radius 1 is 1.31 bits per heavy atom. The maximum absolute atomic E-state index is 10.2. The minimum atomic E-state index is -1.45. The summed E-state index contributed by atoms with van der Waals surface area (Å²) in [7, 11) is 3.25. The highest BCUT2D eigenvalue weighted by molar-refractivity contribution is 5.61. The predicted molar refractivity (Wildman–Crippen MR) is 54.7 cm³/mol. The number of ether oxygens (including phenoxy) is 2. The van der Waals surface area contributed by atoms with E-state index >= 15 is 0 Å². The van der Waals surface area contributed by atoms with Crippen LogP contribution in [-0.4, -0.2) is 30.4 Å². The lowest BCUT2D eigenvalue weighted by Crippen LogP contribution is -2.02. The van der Waals surface area contributed by atoms with Gasteiger partial charge in [0.25, 0.3) is 5.69 Å². The van der Waals surface area contributed by atoms with Crippen molar-refractivity contribution in [3.63, 3.8) is 0 Å². The van der Waals surface area contributed by atoms with Crippen LogP contribution in [0.15, 0.2) is 24.3 Å². The van der Waals surface area contributed by atoms with Gasteiger partial charge < -0.3 is 14.6 Å². The minimum absolute atomic E-state index is 0.0538. The molecule has 0 atom stereocenters. The van der Waals surface area contributed by atoms with E-state index in [-0.39, 0.29) is 11.4 Å². The topological polar surface area (TPSA) is 98.9 Å². The molecule has 0 heterocycles. The molecule has 0 spiro atoms. The lowest BCUT2D eigenvalue weighted by atomic mass is 10.3. The fourth-order valence-electron chi connectivity index (χ4n) is 0.737. The van der Waals surface area contributed by atoms with Crippen molar-refractivity contribution in [1.82, 2.24) is 0 Å². The second kappa shape index (κ2) is 7.18. The number of methoxy groups -OCH3 is 1. The van der Waals surface area contributed by atoms with Gasteiger partial charge in [-0.2, -0.15) is 0 Å². The maximum Gasteiger partial charge on any atom is 0.511 e. The van der Waals surface area contributed by atoms with Gasteiger partial charge in [-0.25, -0.2) is 4.79 Å². The zero-order valence-electron chi connectivity index (χ0n) is 8.75. The number of nitro benzene ring substituents is 1. The molecule has 0 fully saturated rings. The van der Waals surface area contributed by atoms with Gasteiger partial charge >= 0.3 is 6.16 Å². The van der Waals surface area contributed by atoms with Crippen LogP contribution in [0.4, 0.5) is 10.5 Å². The van der Waals surface area contributed by atoms with E-state index in [0.29, 0.717) is 0 Å². The van der Waals surface area contributed by atoms with E-state index in [2.05, 4.69) is 9.47 Å². The van der Waals surface area contributed by atoms with Crippen LogP contribution >= 0.6 is 0 Å². The number of nitro groups is 1. The van der Waals surface area contributed by atoms with Crippen LogP contribution in [0.2, 0.25) is 0 Å². The molecule has 0 amide bonds. The third-order valence-electron chi connectivity index (χ3n) is 1.25. The summed E-state index contributed by atoms with van der Waals surface area (Å²) in [5.74, 6) is 0.0538. The molecule has 0 saturated carbocycles. The van der Waals surface area contributed by atoms with Crippen LogP contribution in [0.25, 0.3) is 0 Å². The zero-order valence-corrected chi connectivity index (χ0v) is 8.75. The van der Waals surface area contributed by atoms with E-state index in [1.54, 1.807) is 14.2 Å². The zero-order chi connectivity index (χ0) is 12.6. The van der Waals surface area contributed by atoms with Gasteiger partial charge in [-0.1, -0.05) is 0 Å². The molecule has 7 heteroatoms. The number of hydrogen-bond donors (Lipinski definition) is 1. The van der Waals surface area contributed by atoms with E-state index in [0.717, 1.165) is 12.1 Å². The molecule has 0 radical (unpaired) electrons. The van der Waals surface area contributed by atoms with Crippen molar-refractivity contribution in [3.05, 3.63) is 34.4 Å². The molecule has 0 aliphatic carbocycles. The van der Waals surface area contributed by atoms with E-state index in [4.69, 9.17) is 5.11 Å². The van der Waals surface area contributed by atoms with Gasteiger partial charge in [-0.05, 0) is 12.1 Å². The molecule has 16 heavy (non-hydrogen) atoms. The standard InChI is InChI=1S/C7H5NO5.C2H6O/c9-7(10)13-6-3-1-5(2-4-6)8(11)12;1-3-2/h1-4H,(H,9,10);1-2H3. The number of carboxylic acid groups (broad SMARTS) is 1. The summed E-state index contributed by atoms with van der Waals surface area (Å²) < 4.78 is 8.49. The summed E-state index contributed by atoms with van der Waals surface area (Å²) in [6.45, 7) is 0. The molecule has 0 unspecified atom stereocenters. The van der Waals surface area contributed by atoms with Crippen LogP contribution in [0.5, 0.6) is 5.75 Å². The molecule has 88 valence electrons. The molecule has 0 saturated heterocycles. The van der Waals surface area contributed by atoms with Gasteiger partial charge in [0.15, 0.2) is 0 Å². The van der Waals surface area contributed by atoms with E-state index in [9.17, 15) is 14.9 Å². The quantitative estimate of drug-likeness (QED) is 0.360. The Hall–Kier alpha value is -2.15. The Balaban J connectivity index is 0.000000673. The van der Waals surface area contributed by atoms with Crippen molar-refractivity contribution in [2.24, 2.45) is 0 Å². The minimum Gasteiger partial charge on any atom is -0.449 e. The lowest BCUT2D eigenvalue weighted by Gasteiger charge is -1.97. The molecule has 0 bridgehead atoms. The van der Waals surface area contributed by atoms with E-state index in [1.165, 1.54) is 12.1 Å². The second-order valence-corrected chi connectivity index (χ2v) is 2.53. The number of non-ortho nitro benzene ring substituents is 1. The predicted octanol–water partition coefficient (Wildman–Crippen LogP) is 1.91. The number of carbonyl (C=O) groups is 1. The van der Waals surface area contributed by atoms with Gasteiger partial charge in [0, 0.05) is 26.4 Å². The van der Waals surface area contributed by atoms with Crippen molar-refractivity contribution in [1.29, 1.82) is 0 Å². The van der Waals surface area contributed by atoms with Crippen LogP contribution in [0, 0.1) is 10.1 Å². The van der Waals surface area contributed by atoms with Gasteiger partial charge in [-0.15, -0.1) is 0 Å². The normalized spacial score (nSPS) is 8.62. The highest BCUT2D eigenvalue weighted by Gasteiger charge is 2.05. The summed E-state index contributed by atoms with van der Waals surface area (Å²) >= 11 is 0. The summed E-state index contributed by atoms with van der Waals surface area (Å²) in [5, 5.41) is 18.4. The molecular weight excluding hydrogens is 218 g/mol. The molecule has 0 aliphatic heterocycles. The van der Waals surface area contributed by atoms with Gasteiger partial charge in [0.1, 0.15) is 5.75 Å². The van der Waals surface area contributed by atoms with Gasteiger partial charge in [-0.3, -0.25) is 10.1 Å². The SMILES string of the molecule is COC.O=C(O)Oc1ccc([N+](=O)[O-])cc1. The molecular formula is C9H11NO6. The maximum atomic E-state index is 10.2. The highest BCUT2D eigenvalue weighted by Crippen LogP contribution is 2.17. The molecule has 1 aromatic carbocycles. The average molecular weight is 229 g/mol. The third-order valence-corrected chi connectivity index (χ3v) is 1.25. The first kappa shape index (κ1) is 13.8. The van der Waals surface area contributed by atoms with E-state index < -0.39 is 11.1 Å². The van der Waals surface area contributed by atoms with Crippen LogP contribution in [-0.2, 0) is 4.74 Å². The summed E-state index contributed by atoms with van der Waals surface area (Å²) in [6, 6.07) is 4.76. The summed E-state index contributed by atoms with van der Waals surface area (Å²) in [5.41, 5.74) is -0.113. The fourth-order valence-corrected chi connectivity index (χ4v) is 0.737. The molecule has 1 aromatic rings. The first-order chi connectivity index (χ1) is 7.51. The number of nitrogens with zero attached hydrogens (tertiary/aromatic N) is 1.